The molecule has 0 bridgehead atoms. The van der Waals surface area contributed by atoms with Crippen LogP contribution in [-0.4, -0.2) is 44.7 Å². The Morgan fingerprint density at radius 2 is 1.70 bits per heavy atom. The van der Waals surface area contributed by atoms with E-state index in [1.165, 1.54) is 0 Å². The lowest BCUT2D eigenvalue weighted by molar-refractivity contribution is 0.0954. The summed E-state index contributed by atoms with van der Waals surface area (Å²) in [5, 5.41) is 9.26. The van der Waals surface area contributed by atoms with Crippen LogP contribution in [0.1, 0.15) is 31.1 Å². The first-order valence-corrected chi connectivity index (χ1v) is 7.27. The van der Waals surface area contributed by atoms with Gasteiger partial charge in [0, 0.05) is 31.2 Å². The Morgan fingerprint density at radius 3 is 2.17 bits per heavy atom. The molecule has 0 atom stereocenters. The molecule has 130 valence electrons. The lowest BCUT2D eigenvalue weighted by Gasteiger charge is -2.23. The summed E-state index contributed by atoms with van der Waals surface area (Å²) < 4.78 is 5.06. The van der Waals surface area contributed by atoms with E-state index in [0.717, 1.165) is 5.75 Å². The van der Waals surface area contributed by atoms with Gasteiger partial charge >= 0.3 is 0 Å². The van der Waals surface area contributed by atoms with Crippen LogP contribution in [-0.2, 0) is 0 Å². The molecule has 23 heavy (non-hydrogen) atoms. The molecule has 7 heteroatoms. The molecule has 0 aliphatic carbocycles. The predicted octanol–water partition coefficient (Wildman–Crippen LogP) is 2.01. The summed E-state index contributed by atoms with van der Waals surface area (Å²) in [6.07, 6.45) is 0. The number of ether oxygens (including phenoxy) is 1. The van der Waals surface area contributed by atoms with Crippen molar-refractivity contribution in [3.8, 4) is 5.75 Å². The van der Waals surface area contributed by atoms with Gasteiger partial charge in [-0.2, -0.15) is 0 Å². The third-order valence-electron chi connectivity index (χ3n) is 2.77. The normalized spacial score (nSPS) is 11.3. The van der Waals surface area contributed by atoms with Crippen molar-refractivity contribution >= 4 is 35.8 Å². The maximum Gasteiger partial charge on any atom is 0.251 e. The van der Waals surface area contributed by atoms with Crippen molar-refractivity contribution in [3.63, 3.8) is 0 Å². The number of halogens is 1. The van der Waals surface area contributed by atoms with Crippen molar-refractivity contribution in [1.82, 2.24) is 16.0 Å². The van der Waals surface area contributed by atoms with Gasteiger partial charge in [-0.1, -0.05) is 0 Å². The fourth-order valence-electron chi connectivity index (χ4n) is 1.74. The molecule has 1 aromatic carbocycles. The lowest BCUT2D eigenvalue weighted by atomic mass is 10.1. The molecule has 0 spiro atoms. The number of amides is 1. The van der Waals surface area contributed by atoms with Gasteiger partial charge in [-0.3, -0.25) is 9.79 Å². The van der Waals surface area contributed by atoms with E-state index in [2.05, 4.69) is 41.7 Å². The van der Waals surface area contributed by atoms with Crippen molar-refractivity contribution in [2.24, 2.45) is 4.99 Å². The molecule has 1 amide bonds. The van der Waals surface area contributed by atoms with Crippen LogP contribution < -0.4 is 20.7 Å². The molecule has 0 aromatic heterocycles. The third kappa shape index (κ3) is 8.63. The maximum absolute atomic E-state index is 12.0. The molecule has 0 fully saturated rings. The molecule has 3 N–H and O–H groups in total. The Labute approximate surface area is 155 Å². The zero-order chi connectivity index (χ0) is 16.6. The minimum atomic E-state index is -0.108. The fraction of sp³-hybridized carbons (Fsp3) is 0.500. The number of nitrogens with one attached hydrogen (secondary N) is 3. The van der Waals surface area contributed by atoms with Crippen LogP contribution in [0.25, 0.3) is 0 Å². The number of carbonyl (C=O) groups is 1. The van der Waals surface area contributed by atoms with Crippen LogP contribution in [0.2, 0.25) is 0 Å². The molecule has 0 saturated carbocycles. The molecular weight excluding hydrogens is 407 g/mol. The molecule has 0 heterocycles. The van der Waals surface area contributed by atoms with Gasteiger partial charge in [0.05, 0.1) is 7.11 Å². The number of nitrogens with zero attached hydrogens (tertiary/aromatic N) is 1. The average molecular weight is 434 g/mol. The largest absolute Gasteiger partial charge is 0.497 e. The average Bonchev–Trinajstić information content (AvgIpc) is 2.49. The molecule has 0 unspecified atom stereocenters. The van der Waals surface area contributed by atoms with Crippen LogP contribution >= 0.6 is 24.0 Å². The van der Waals surface area contributed by atoms with Gasteiger partial charge in [0.1, 0.15) is 5.75 Å². The van der Waals surface area contributed by atoms with E-state index in [0.29, 0.717) is 24.6 Å². The van der Waals surface area contributed by atoms with Gasteiger partial charge in [-0.25, -0.2) is 0 Å². The first-order valence-electron chi connectivity index (χ1n) is 7.27. The summed E-state index contributed by atoms with van der Waals surface area (Å²) >= 11 is 0. The second kappa shape index (κ2) is 10.3. The zero-order valence-corrected chi connectivity index (χ0v) is 16.7. The quantitative estimate of drug-likeness (QED) is 0.287. The molecule has 1 aromatic rings. The maximum atomic E-state index is 12.0. The van der Waals surface area contributed by atoms with Crippen molar-refractivity contribution in [2.45, 2.75) is 26.3 Å². The van der Waals surface area contributed by atoms with Gasteiger partial charge < -0.3 is 20.7 Å². The summed E-state index contributed by atoms with van der Waals surface area (Å²) in [4.78, 5) is 16.1. The molecule has 0 aliphatic heterocycles. The highest BCUT2D eigenvalue weighted by atomic mass is 127. The number of guanidine groups is 1. The topological polar surface area (TPSA) is 74.8 Å². The first kappa shape index (κ1) is 21.5. The smallest absolute Gasteiger partial charge is 0.251 e. The monoisotopic (exact) mass is 434 g/mol. The Bertz CT molecular complexity index is 510. The standard InChI is InChI=1S/C16H26N4O2.HI/c1-16(2,3)20-15(17-4)19-11-10-18-14(21)12-6-8-13(22-5)9-7-12;/h6-9H,10-11H2,1-5H3,(H,18,21)(H2,17,19,20);1H. The van der Waals surface area contributed by atoms with Gasteiger partial charge in [0.15, 0.2) is 5.96 Å². The van der Waals surface area contributed by atoms with Crippen molar-refractivity contribution in [2.75, 3.05) is 27.2 Å². The van der Waals surface area contributed by atoms with Crippen LogP contribution in [0.5, 0.6) is 5.75 Å². The second-order valence-corrected chi connectivity index (χ2v) is 5.86. The van der Waals surface area contributed by atoms with E-state index >= 15 is 0 Å². The van der Waals surface area contributed by atoms with Crippen molar-refractivity contribution in [1.29, 1.82) is 0 Å². The summed E-state index contributed by atoms with van der Waals surface area (Å²) in [6.45, 7) is 7.29. The van der Waals surface area contributed by atoms with Gasteiger partial charge in [0.25, 0.3) is 5.91 Å². The SMILES string of the molecule is CN=C(NCCNC(=O)c1ccc(OC)cc1)NC(C)(C)C.I. The Balaban J connectivity index is 0.00000484. The summed E-state index contributed by atoms with van der Waals surface area (Å²) in [5.41, 5.74) is 0.548. The Hall–Kier alpha value is -1.51. The molecular formula is C16H27IN4O2. The first-order chi connectivity index (χ1) is 10.4. The third-order valence-corrected chi connectivity index (χ3v) is 2.77. The van der Waals surface area contributed by atoms with E-state index < -0.39 is 0 Å². The fourth-order valence-corrected chi connectivity index (χ4v) is 1.74. The van der Waals surface area contributed by atoms with Gasteiger partial charge in [-0.05, 0) is 45.0 Å². The highest BCUT2D eigenvalue weighted by Gasteiger charge is 2.11. The Morgan fingerprint density at radius 1 is 1.13 bits per heavy atom. The van der Waals surface area contributed by atoms with Crippen LogP contribution in [0.3, 0.4) is 0 Å². The van der Waals surface area contributed by atoms with Crippen LogP contribution in [0, 0.1) is 0 Å². The molecule has 0 radical (unpaired) electrons. The van der Waals surface area contributed by atoms with Gasteiger partial charge in [-0.15, -0.1) is 24.0 Å². The molecule has 0 aliphatic rings. The zero-order valence-electron chi connectivity index (χ0n) is 14.4. The number of rotatable bonds is 5. The highest BCUT2D eigenvalue weighted by molar-refractivity contribution is 14.0. The predicted molar refractivity (Wildman–Crippen MR) is 105 cm³/mol. The summed E-state index contributed by atoms with van der Waals surface area (Å²) in [7, 11) is 3.32. The minimum Gasteiger partial charge on any atom is -0.497 e. The van der Waals surface area contributed by atoms with E-state index in [1.54, 1.807) is 38.4 Å². The summed E-state index contributed by atoms with van der Waals surface area (Å²) in [6, 6.07) is 7.01. The van der Waals surface area contributed by atoms with Crippen LogP contribution in [0.15, 0.2) is 29.3 Å². The van der Waals surface area contributed by atoms with E-state index in [-0.39, 0.29) is 35.4 Å². The van der Waals surface area contributed by atoms with Crippen molar-refractivity contribution in [3.05, 3.63) is 29.8 Å². The molecule has 0 saturated heterocycles. The molecule has 1 rings (SSSR count). The minimum absolute atomic E-state index is 0. The van der Waals surface area contributed by atoms with E-state index in [1.807, 2.05) is 0 Å². The number of carbonyl (C=O) groups excluding carboxylic acids is 1. The number of benzene rings is 1. The highest BCUT2D eigenvalue weighted by Crippen LogP contribution is 2.10. The number of hydrogen-bond donors (Lipinski definition) is 3. The van der Waals surface area contributed by atoms with E-state index in [4.69, 9.17) is 4.74 Å². The Kier molecular flexibility index (Phi) is 9.62. The second-order valence-electron chi connectivity index (χ2n) is 5.86. The summed E-state index contributed by atoms with van der Waals surface area (Å²) in [5.74, 6) is 1.34. The number of aliphatic imine (C=N–C) groups is 1. The number of hydrogen-bond acceptors (Lipinski definition) is 3. The van der Waals surface area contributed by atoms with E-state index in [9.17, 15) is 4.79 Å². The van der Waals surface area contributed by atoms with Gasteiger partial charge in [0.2, 0.25) is 0 Å². The van der Waals surface area contributed by atoms with Crippen LogP contribution in [0.4, 0.5) is 0 Å². The number of methoxy groups -OCH3 is 1. The lowest BCUT2D eigenvalue weighted by Crippen LogP contribution is -2.49. The molecule has 6 nitrogen and oxygen atoms in total. The van der Waals surface area contributed by atoms with Crippen molar-refractivity contribution < 1.29 is 9.53 Å².